The van der Waals surface area contributed by atoms with Crippen molar-refractivity contribution in [3.63, 3.8) is 0 Å². The maximum absolute atomic E-state index is 12.9. The Labute approximate surface area is 124 Å². The minimum atomic E-state index is -1.72. The molecule has 0 unspecified atom stereocenters. The average Bonchev–Trinajstić information content (AvgIpc) is 2.25. The second-order valence-electron chi connectivity index (χ2n) is 6.03. The zero-order valence-electron chi connectivity index (χ0n) is 12.2. The predicted molar refractivity (Wildman–Crippen MR) is 82.7 cm³/mol. The van der Waals surface area contributed by atoms with Crippen LogP contribution < -0.4 is 4.74 Å². The van der Waals surface area contributed by atoms with E-state index in [1.165, 1.54) is 12.1 Å². The van der Waals surface area contributed by atoms with Gasteiger partial charge in [-0.15, -0.1) is 0 Å². The lowest BCUT2D eigenvalue weighted by Gasteiger charge is -2.36. The first-order valence-corrected chi connectivity index (χ1v) is 10.1. The summed E-state index contributed by atoms with van der Waals surface area (Å²) in [5.74, 6) is 0.358. The van der Waals surface area contributed by atoms with Crippen molar-refractivity contribution in [2.75, 3.05) is 13.2 Å². The molecule has 108 valence electrons. The molecular formula is C14H22BrFO2Si. The Kier molecular flexibility index (Phi) is 5.59. The normalized spacial score (nSPS) is 12.6. The summed E-state index contributed by atoms with van der Waals surface area (Å²) in [5, 5.41) is 0.198. The lowest BCUT2D eigenvalue weighted by molar-refractivity contribution is 0.202. The molecule has 0 fully saturated rings. The molecule has 0 aliphatic rings. The molecule has 0 spiro atoms. The summed E-state index contributed by atoms with van der Waals surface area (Å²) in [4.78, 5) is 0. The van der Waals surface area contributed by atoms with Crippen molar-refractivity contribution in [2.24, 2.45) is 0 Å². The van der Waals surface area contributed by atoms with E-state index in [0.29, 0.717) is 23.4 Å². The minimum absolute atomic E-state index is 0.198. The number of hydrogen-bond donors (Lipinski definition) is 0. The fourth-order valence-corrected chi connectivity index (χ4v) is 2.75. The molecule has 0 heterocycles. The summed E-state index contributed by atoms with van der Waals surface area (Å²) in [6.45, 7) is 12.1. The van der Waals surface area contributed by atoms with Gasteiger partial charge in [0, 0.05) is 0 Å². The molecule has 0 N–H and O–H groups in total. The third kappa shape index (κ3) is 4.89. The zero-order valence-corrected chi connectivity index (χ0v) is 14.8. The van der Waals surface area contributed by atoms with E-state index in [-0.39, 0.29) is 10.9 Å². The Bertz CT molecular complexity index is 430. The molecule has 1 aromatic rings. The third-order valence-corrected chi connectivity index (χ3v) is 8.66. The minimum Gasteiger partial charge on any atom is -0.490 e. The first-order chi connectivity index (χ1) is 8.63. The van der Waals surface area contributed by atoms with E-state index in [1.54, 1.807) is 6.07 Å². The van der Waals surface area contributed by atoms with Crippen molar-refractivity contribution in [1.29, 1.82) is 0 Å². The Morgan fingerprint density at radius 2 is 1.84 bits per heavy atom. The molecule has 2 nitrogen and oxygen atoms in total. The molecule has 0 amide bonds. The fourth-order valence-electron chi connectivity index (χ4n) is 1.26. The lowest BCUT2D eigenvalue weighted by Crippen LogP contribution is -2.41. The molecule has 19 heavy (non-hydrogen) atoms. The second kappa shape index (κ2) is 6.37. The van der Waals surface area contributed by atoms with Crippen LogP contribution in [0.25, 0.3) is 0 Å². The third-order valence-electron chi connectivity index (χ3n) is 3.50. The summed E-state index contributed by atoms with van der Waals surface area (Å²) in [5.41, 5.74) is 0. The van der Waals surface area contributed by atoms with Crippen LogP contribution in [0.1, 0.15) is 20.8 Å². The molecule has 5 heteroatoms. The van der Waals surface area contributed by atoms with E-state index in [4.69, 9.17) is 9.16 Å². The fraction of sp³-hybridized carbons (Fsp3) is 0.571. The van der Waals surface area contributed by atoms with Crippen LogP contribution in [0.5, 0.6) is 5.75 Å². The van der Waals surface area contributed by atoms with E-state index >= 15 is 0 Å². The summed E-state index contributed by atoms with van der Waals surface area (Å²) >= 11 is 3.27. The van der Waals surface area contributed by atoms with Crippen molar-refractivity contribution >= 4 is 24.2 Å². The first kappa shape index (κ1) is 16.7. The highest BCUT2D eigenvalue weighted by atomic mass is 79.9. The highest BCUT2D eigenvalue weighted by molar-refractivity contribution is 9.10. The zero-order chi connectivity index (χ0) is 14.7. The van der Waals surface area contributed by atoms with Crippen molar-refractivity contribution in [2.45, 2.75) is 38.9 Å². The Balaban J connectivity index is 2.43. The largest absolute Gasteiger partial charge is 0.490 e. The monoisotopic (exact) mass is 348 g/mol. The van der Waals surface area contributed by atoms with Gasteiger partial charge in [0.1, 0.15) is 18.2 Å². The topological polar surface area (TPSA) is 18.5 Å². The van der Waals surface area contributed by atoms with Crippen LogP contribution in [0.15, 0.2) is 22.7 Å². The molecule has 0 saturated carbocycles. The van der Waals surface area contributed by atoms with Gasteiger partial charge in [-0.3, -0.25) is 0 Å². The van der Waals surface area contributed by atoms with Gasteiger partial charge in [-0.05, 0) is 52.3 Å². The molecule has 0 radical (unpaired) electrons. The Morgan fingerprint density at radius 1 is 1.21 bits per heavy atom. The van der Waals surface area contributed by atoms with Crippen LogP contribution in [0, 0.1) is 5.82 Å². The molecule has 0 bridgehead atoms. The molecule has 0 aromatic heterocycles. The molecule has 0 atom stereocenters. The highest BCUT2D eigenvalue weighted by Crippen LogP contribution is 2.36. The van der Waals surface area contributed by atoms with Gasteiger partial charge >= 0.3 is 0 Å². The van der Waals surface area contributed by atoms with Crippen LogP contribution in [0.4, 0.5) is 4.39 Å². The first-order valence-electron chi connectivity index (χ1n) is 6.35. The van der Waals surface area contributed by atoms with Gasteiger partial charge in [0.15, 0.2) is 8.32 Å². The molecular weight excluding hydrogens is 327 g/mol. The van der Waals surface area contributed by atoms with E-state index < -0.39 is 8.32 Å². The van der Waals surface area contributed by atoms with Crippen molar-refractivity contribution in [3.05, 3.63) is 28.5 Å². The van der Waals surface area contributed by atoms with Gasteiger partial charge in [-0.2, -0.15) is 0 Å². The number of ether oxygens (including phenoxy) is 1. The van der Waals surface area contributed by atoms with Gasteiger partial charge in [-0.25, -0.2) is 4.39 Å². The van der Waals surface area contributed by atoms with E-state index in [9.17, 15) is 4.39 Å². The van der Waals surface area contributed by atoms with Crippen molar-refractivity contribution in [1.82, 2.24) is 0 Å². The van der Waals surface area contributed by atoms with Gasteiger partial charge in [0.25, 0.3) is 0 Å². The van der Waals surface area contributed by atoms with Crippen LogP contribution in [-0.2, 0) is 4.43 Å². The number of rotatable bonds is 5. The van der Waals surface area contributed by atoms with E-state index in [0.717, 1.165) is 0 Å². The summed E-state index contributed by atoms with van der Waals surface area (Å²) in [7, 11) is -1.72. The average molecular weight is 349 g/mol. The van der Waals surface area contributed by atoms with E-state index in [2.05, 4.69) is 49.8 Å². The SMILES string of the molecule is CC(C)(C)[Si](C)(C)OCCOc1ccc(F)cc1Br. The van der Waals surface area contributed by atoms with Gasteiger partial charge < -0.3 is 9.16 Å². The maximum atomic E-state index is 12.9. The van der Waals surface area contributed by atoms with Crippen molar-refractivity contribution < 1.29 is 13.6 Å². The summed E-state index contributed by atoms with van der Waals surface area (Å²) in [6.07, 6.45) is 0. The number of halogens is 2. The van der Waals surface area contributed by atoms with Gasteiger partial charge in [0.05, 0.1) is 11.1 Å². The van der Waals surface area contributed by atoms with Gasteiger partial charge in [-0.1, -0.05) is 20.8 Å². The quantitative estimate of drug-likeness (QED) is 0.551. The summed E-state index contributed by atoms with van der Waals surface area (Å²) in [6, 6.07) is 4.39. The van der Waals surface area contributed by atoms with Crippen LogP contribution in [-0.4, -0.2) is 21.5 Å². The Morgan fingerprint density at radius 3 is 2.37 bits per heavy atom. The predicted octanol–water partition coefficient (Wildman–Crippen LogP) is 4.99. The summed E-state index contributed by atoms with van der Waals surface area (Å²) < 4.78 is 25.1. The number of hydrogen-bond acceptors (Lipinski definition) is 2. The standard InChI is InChI=1S/C14H22BrFO2Si/c1-14(2,3)19(4,5)18-9-8-17-13-7-6-11(16)10-12(13)15/h6-7,10H,8-9H2,1-5H3. The Hall–Kier alpha value is -0.393. The van der Waals surface area contributed by atoms with Gasteiger partial charge in [0.2, 0.25) is 0 Å². The van der Waals surface area contributed by atoms with Crippen LogP contribution in [0.3, 0.4) is 0 Å². The van der Waals surface area contributed by atoms with Crippen molar-refractivity contribution in [3.8, 4) is 5.75 Å². The molecule has 1 aromatic carbocycles. The number of benzene rings is 1. The maximum Gasteiger partial charge on any atom is 0.192 e. The second-order valence-corrected chi connectivity index (χ2v) is 11.7. The molecule has 0 saturated heterocycles. The molecule has 0 aliphatic carbocycles. The smallest absolute Gasteiger partial charge is 0.192 e. The van der Waals surface area contributed by atoms with Crippen LogP contribution >= 0.6 is 15.9 Å². The molecule has 1 rings (SSSR count). The highest BCUT2D eigenvalue weighted by Gasteiger charge is 2.36. The molecule has 0 aliphatic heterocycles. The van der Waals surface area contributed by atoms with Crippen LogP contribution in [0.2, 0.25) is 18.1 Å². The van der Waals surface area contributed by atoms with E-state index in [1.807, 2.05) is 0 Å². The lowest BCUT2D eigenvalue weighted by atomic mass is 10.2.